The van der Waals surface area contributed by atoms with E-state index < -0.39 is 0 Å². The van der Waals surface area contributed by atoms with Crippen LogP contribution >= 0.6 is 15.9 Å². The molecule has 1 rings (SSSR count). The van der Waals surface area contributed by atoms with E-state index >= 15 is 0 Å². The molecule has 1 amide bonds. The smallest absolute Gasteiger partial charge is 0.227 e. The number of halogens is 1. The molecule has 0 aromatic carbocycles. The summed E-state index contributed by atoms with van der Waals surface area (Å²) in [5.41, 5.74) is 0. The molecular formula is C10H13BrN2O2. The second kappa shape index (κ2) is 6.53. The number of aromatic nitrogens is 1. The molecule has 0 unspecified atom stereocenters. The Morgan fingerprint density at radius 2 is 2.47 bits per heavy atom. The molecule has 0 atom stereocenters. The van der Waals surface area contributed by atoms with E-state index in [4.69, 9.17) is 4.74 Å². The van der Waals surface area contributed by atoms with Gasteiger partial charge in [-0.1, -0.05) is 0 Å². The van der Waals surface area contributed by atoms with Crippen LogP contribution in [-0.2, 0) is 9.53 Å². The summed E-state index contributed by atoms with van der Waals surface area (Å²) in [7, 11) is 0. The number of anilines is 1. The highest BCUT2D eigenvalue weighted by Crippen LogP contribution is 2.18. The van der Waals surface area contributed by atoms with Gasteiger partial charge in [0.15, 0.2) is 0 Å². The lowest BCUT2D eigenvalue weighted by atomic mass is 10.4. The van der Waals surface area contributed by atoms with Gasteiger partial charge in [-0.3, -0.25) is 4.79 Å². The zero-order valence-corrected chi connectivity index (χ0v) is 10.1. The van der Waals surface area contributed by atoms with Crippen LogP contribution < -0.4 is 5.32 Å². The predicted molar refractivity (Wildman–Crippen MR) is 61.7 cm³/mol. The number of pyridine rings is 1. The van der Waals surface area contributed by atoms with Crippen LogP contribution in [0.15, 0.2) is 22.8 Å². The van der Waals surface area contributed by atoms with Crippen molar-refractivity contribution in [2.45, 2.75) is 13.3 Å². The van der Waals surface area contributed by atoms with Crippen molar-refractivity contribution in [2.75, 3.05) is 18.5 Å². The number of carbonyl (C=O) groups is 1. The van der Waals surface area contributed by atoms with Gasteiger partial charge in [0.05, 0.1) is 17.5 Å². The third kappa shape index (κ3) is 4.40. The maximum absolute atomic E-state index is 11.4. The Morgan fingerprint density at radius 3 is 3.13 bits per heavy atom. The summed E-state index contributed by atoms with van der Waals surface area (Å²) in [6.45, 7) is 2.96. The lowest BCUT2D eigenvalue weighted by Crippen LogP contribution is -2.15. The Bertz CT molecular complexity index is 331. The first-order valence-electron chi connectivity index (χ1n) is 4.72. The highest BCUT2D eigenvalue weighted by atomic mass is 79.9. The van der Waals surface area contributed by atoms with Crippen LogP contribution in [0, 0.1) is 0 Å². The molecule has 0 spiro atoms. The van der Waals surface area contributed by atoms with Gasteiger partial charge in [-0.25, -0.2) is 4.98 Å². The summed E-state index contributed by atoms with van der Waals surface area (Å²) >= 11 is 3.30. The molecule has 82 valence electrons. The third-order valence-corrected chi connectivity index (χ3v) is 2.33. The maximum Gasteiger partial charge on any atom is 0.227 e. The van der Waals surface area contributed by atoms with Gasteiger partial charge in [0.1, 0.15) is 5.82 Å². The van der Waals surface area contributed by atoms with Gasteiger partial charge in [-0.05, 0) is 35.0 Å². The molecule has 0 aliphatic heterocycles. The van der Waals surface area contributed by atoms with Crippen molar-refractivity contribution in [1.82, 2.24) is 4.98 Å². The van der Waals surface area contributed by atoms with Gasteiger partial charge in [0, 0.05) is 12.8 Å². The molecule has 0 fully saturated rings. The number of hydrogen-bond donors (Lipinski definition) is 1. The summed E-state index contributed by atoms with van der Waals surface area (Å²) < 4.78 is 5.85. The van der Waals surface area contributed by atoms with E-state index in [2.05, 4.69) is 26.2 Å². The number of nitrogens with one attached hydrogen (secondary N) is 1. The molecule has 5 heteroatoms. The first-order valence-corrected chi connectivity index (χ1v) is 5.51. The molecule has 1 aromatic heterocycles. The highest BCUT2D eigenvalue weighted by molar-refractivity contribution is 9.10. The van der Waals surface area contributed by atoms with E-state index in [0.717, 1.165) is 4.47 Å². The summed E-state index contributed by atoms with van der Waals surface area (Å²) in [6, 6.07) is 3.62. The first-order chi connectivity index (χ1) is 7.24. The van der Waals surface area contributed by atoms with Crippen molar-refractivity contribution in [3.63, 3.8) is 0 Å². The molecule has 4 nitrogen and oxygen atoms in total. The minimum Gasteiger partial charge on any atom is -0.381 e. The molecule has 1 aromatic rings. The van der Waals surface area contributed by atoms with Crippen LogP contribution in [-0.4, -0.2) is 24.1 Å². The van der Waals surface area contributed by atoms with Gasteiger partial charge in [-0.2, -0.15) is 0 Å². The summed E-state index contributed by atoms with van der Waals surface area (Å²) in [6.07, 6.45) is 1.97. The van der Waals surface area contributed by atoms with Crippen LogP contribution in [0.3, 0.4) is 0 Å². The fraction of sp³-hybridized carbons (Fsp3) is 0.400. The monoisotopic (exact) mass is 272 g/mol. The lowest BCUT2D eigenvalue weighted by molar-refractivity contribution is -0.117. The normalized spacial score (nSPS) is 10.0. The summed E-state index contributed by atoms with van der Waals surface area (Å²) in [4.78, 5) is 15.4. The third-order valence-electron chi connectivity index (χ3n) is 1.69. The molecule has 0 bridgehead atoms. The lowest BCUT2D eigenvalue weighted by Gasteiger charge is -2.05. The first kappa shape index (κ1) is 12.1. The maximum atomic E-state index is 11.4. The second-order valence-electron chi connectivity index (χ2n) is 2.83. The number of rotatable bonds is 5. The van der Waals surface area contributed by atoms with Gasteiger partial charge >= 0.3 is 0 Å². The van der Waals surface area contributed by atoms with Crippen molar-refractivity contribution >= 4 is 27.7 Å². The molecule has 0 radical (unpaired) electrons. The molecule has 1 N–H and O–H groups in total. The molecule has 15 heavy (non-hydrogen) atoms. The summed E-state index contributed by atoms with van der Waals surface area (Å²) in [5, 5.41) is 2.69. The van der Waals surface area contributed by atoms with Crippen molar-refractivity contribution in [2.24, 2.45) is 0 Å². The van der Waals surface area contributed by atoms with Crippen LogP contribution in [0.2, 0.25) is 0 Å². The number of nitrogens with zero attached hydrogens (tertiary/aromatic N) is 1. The van der Waals surface area contributed by atoms with E-state index in [0.29, 0.717) is 25.5 Å². The fourth-order valence-electron chi connectivity index (χ4n) is 0.981. The minimum absolute atomic E-state index is 0.0946. The molecule has 1 heterocycles. The largest absolute Gasteiger partial charge is 0.381 e. The minimum atomic E-state index is -0.0946. The SMILES string of the molecule is CCOCCC(=O)Nc1ncccc1Br. The van der Waals surface area contributed by atoms with Crippen LogP contribution in [0.25, 0.3) is 0 Å². The predicted octanol–water partition coefficient (Wildman–Crippen LogP) is 2.21. The molecule has 0 saturated carbocycles. The quantitative estimate of drug-likeness (QED) is 0.837. The van der Waals surface area contributed by atoms with E-state index in [1.165, 1.54) is 0 Å². The van der Waals surface area contributed by atoms with Crippen LogP contribution in [0.5, 0.6) is 0 Å². The van der Waals surface area contributed by atoms with Gasteiger partial charge in [0.25, 0.3) is 0 Å². The Labute approximate surface area is 97.2 Å². The topological polar surface area (TPSA) is 51.2 Å². The number of hydrogen-bond acceptors (Lipinski definition) is 3. The standard InChI is InChI=1S/C10H13BrN2O2/c1-2-15-7-5-9(14)13-10-8(11)4-3-6-12-10/h3-4,6H,2,5,7H2,1H3,(H,12,13,14). The van der Waals surface area contributed by atoms with Crippen LogP contribution in [0.1, 0.15) is 13.3 Å². The number of amides is 1. The van der Waals surface area contributed by atoms with E-state index in [1.807, 2.05) is 13.0 Å². The Balaban J connectivity index is 2.41. The van der Waals surface area contributed by atoms with E-state index in [9.17, 15) is 4.79 Å². The molecular weight excluding hydrogens is 260 g/mol. The van der Waals surface area contributed by atoms with E-state index in [1.54, 1.807) is 12.3 Å². The zero-order chi connectivity index (χ0) is 11.1. The van der Waals surface area contributed by atoms with Crippen molar-refractivity contribution in [1.29, 1.82) is 0 Å². The Morgan fingerprint density at radius 1 is 1.67 bits per heavy atom. The number of ether oxygens (including phenoxy) is 1. The zero-order valence-electron chi connectivity index (χ0n) is 8.50. The Hall–Kier alpha value is -0.940. The van der Waals surface area contributed by atoms with Crippen molar-refractivity contribution in [3.05, 3.63) is 22.8 Å². The molecule has 0 aliphatic rings. The molecule has 0 saturated heterocycles. The van der Waals surface area contributed by atoms with Crippen molar-refractivity contribution in [3.8, 4) is 0 Å². The summed E-state index contributed by atoms with van der Waals surface area (Å²) in [5.74, 6) is 0.446. The van der Waals surface area contributed by atoms with Gasteiger partial charge < -0.3 is 10.1 Å². The Kier molecular flexibility index (Phi) is 5.28. The average Bonchev–Trinajstić information content (AvgIpc) is 2.22. The van der Waals surface area contributed by atoms with Crippen LogP contribution in [0.4, 0.5) is 5.82 Å². The second-order valence-corrected chi connectivity index (χ2v) is 3.68. The number of carbonyl (C=O) groups excluding carboxylic acids is 1. The van der Waals surface area contributed by atoms with Gasteiger partial charge in [-0.15, -0.1) is 0 Å². The fourth-order valence-corrected chi connectivity index (χ4v) is 1.34. The highest BCUT2D eigenvalue weighted by Gasteiger charge is 2.05. The average molecular weight is 273 g/mol. The molecule has 0 aliphatic carbocycles. The van der Waals surface area contributed by atoms with E-state index in [-0.39, 0.29) is 5.91 Å². The van der Waals surface area contributed by atoms with Crippen molar-refractivity contribution < 1.29 is 9.53 Å². The van der Waals surface area contributed by atoms with Gasteiger partial charge in [0.2, 0.25) is 5.91 Å².